The highest BCUT2D eigenvalue weighted by Crippen LogP contribution is 2.46. The molecule has 0 radical (unpaired) electrons. The smallest absolute Gasteiger partial charge is 0.410 e. The summed E-state index contributed by atoms with van der Waals surface area (Å²) in [5, 5.41) is 0. The first-order valence-corrected chi connectivity index (χ1v) is 10.1. The van der Waals surface area contributed by atoms with Crippen molar-refractivity contribution < 1.29 is 14.3 Å². The maximum absolute atomic E-state index is 12.3. The zero-order valence-corrected chi connectivity index (χ0v) is 18.0. The van der Waals surface area contributed by atoms with E-state index < -0.39 is 5.60 Å². The van der Waals surface area contributed by atoms with Crippen LogP contribution in [-0.2, 0) is 9.47 Å². The summed E-state index contributed by atoms with van der Waals surface area (Å²) in [6.45, 7) is 19.0. The predicted molar refractivity (Wildman–Crippen MR) is 104 cm³/mol. The van der Waals surface area contributed by atoms with Crippen LogP contribution in [0.15, 0.2) is 0 Å². The SMILES string of the molecule is CC(C)(C)OC(=O)N1CCC2(CC1)OCC(C)(C)[C@@H]2NSC(C)(C)C. The Morgan fingerprint density at radius 3 is 2.20 bits per heavy atom. The van der Waals surface area contributed by atoms with Crippen molar-refractivity contribution in [3.8, 4) is 0 Å². The highest BCUT2D eigenvalue weighted by Gasteiger charge is 2.55. The summed E-state index contributed by atoms with van der Waals surface area (Å²) in [4.78, 5) is 14.1. The Morgan fingerprint density at radius 2 is 1.72 bits per heavy atom. The molecule has 2 fully saturated rings. The van der Waals surface area contributed by atoms with Gasteiger partial charge in [-0.05, 0) is 54.4 Å². The molecule has 0 aromatic heterocycles. The van der Waals surface area contributed by atoms with E-state index in [9.17, 15) is 4.79 Å². The van der Waals surface area contributed by atoms with Crippen molar-refractivity contribution >= 4 is 18.0 Å². The number of carbonyl (C=O) groups is 1. The molecule has 0 aromatic rings. The van der Waals surface area contributed by atoms with Crippen LogP contribution < -0.4 is 4.72 Å². The van der Waals surface area contributed by atoms with Gasteiger partial charge in [-0.25, -0.2) is 4.79 Å². The van der Waals surface area contributed by atoms with Crippen LogP contribution in [0.2, 0.25) is 0 Å². The minimum Gasteiger partial charge on any atom is -0.444 e. The number of nitrogens with zero attached hydrogens (tertiary/aromatic N) is 1. The number of likely N-dealkylation sites (tertiary alicyclic amines) is 1. The second-order valence-corrected chi connectivity index (χ2v) is 11.7. The van der Waals surface area contributed by atoms with Crippen molar-refractivity contribution in [2.24, 2.45) is 5.41 Å². The molecule has 2 aliphatic heterocycles. The summed E-state index contributed by atoms with van der Waals surface area (Å²) in [5.74, 6) is 0. The van der Waals surface area contributed by atoms with Gasteiger partial charge in [0.2, 0.25) is 0 Å². The quantitative estimate of drug-likeness (QED) is 0.736. The average molecular weight is 373 g/mol. The fourth-order valence-corrected chi connectivity index (χ4v) is 4.54. The summed E-state index contributed by atoms with van der Waals surface area (Å²) in [6, 6.07) is 0.269. The molecule has 0 bridgehead atoms. The largest absolute Gasteiger partial charge is 0.444 e. The van der Waals surface area contributed by atoms with Gasteiger partial charge in [0, 0.05) is 23.3 Å². The van der Waals surface area contributed by atoms with Crippen molar-refractivity contribution in [2.45, 2.75) is 90.2 Å². The molecule has 0 aromatic carbocycles. The highest BCUT2D eigenvalue weighted by molar-refractivity contribution is 7.98. The van der Waals surface area contributed by atoms with E-state index in [4.69, 9.17) is 9.47 Å². The number of carbonyl (C=O) groups excluding carboxylic acids is 1. The Hall–Kier alpha value is -0.460. The van der Waals surface area contributed by atoms with Crippen LogP contribution >= 0.6 is 11.9 Å². The monoisotopic (exact) mass is 372 g/mol. The number of piperidine rings is 1. The maximum Gasteiger partial charge on any atom is 0.410 e. The number of ether oxygens (including phenoxy) is 2. The van der Waals surface area contributed by atoms with Crippen LogP contribution in [0, 0.1) is 5.41 Å². The molecule has 0 saturated carbocycles. The standard InChI is InChI=1S/C19H36N2O3S/c1-16(2,3)24-15(22)21-11-9-19(10-12-21)14(18(7,8)13-23-19)20-25-17(4,5)6/h14,20H,9-13H2,1-8H3/t14-/m0/s1. The molecule has 2 heterocycles. The molecule has 2 rings (SSSR count). The maximum atomic E-state index is 12.3. The molecule has 25 heavy (non-hydrogen) atoms. The molecule has 2 aliphatic rings. The summed E-state index contributed by atoms with van der Waals surface area (Å²) < 4.78 is 15.7. The average Bonchev–Trinajstić information content (AvgIpc) is 2.66. The van der Waals surface area contributed by atoms with E-state index in [0.29, 0.717) is 13.1 Å². The fourth-order valence-electron chi connectivity index (χ4n) is 3.54. The van der Waals surface area contributed by atoms with Gasteiger partial charge in [0.25, 0.3) is 0 Å². The van der Waals surface area contributed by atoms with E-state index >= 15 is 0 Å². The van der Waals surface area contributed by atoms with Gasteiger partial charge in [0.05, 0.1) is 18.2 Å². The van der Waals surface area contributed by atoms with Gasteiger partial charge in [0.1, 0.15) is 5.60 Å². The lowest BCUT2D eigenvalue weighted by Gasteiger charge is -2.44. The number of amides is 1. The third kappa shape index (κ3) is 5.27. The third-order valence-electron chi connectivity index (χ3n) is 4.78. The molecule has 0 unspecified atom stereocenters. The van der Waals surface area contributed by atoms with E-state index in [-0.39, 0.29) is 27.9 Å². The zero-order valence-electron chi connectivity index (χ0n) is 17.2. The van der Waals surface area contributed by atoms with Crippen molar-refractivity contribution in [3.05, 3.63) is 0 Å². The fraction of sp³-hybridized carbons (Fsp3) is 0.947. The van der Waals surface area contributed by atoms with Crippen LogP contribution in [-0.4, -0.2) is 52.7 Å². The number of rotatable bonds is 2. The van der Waals surface area contributed by atoms with Crippen molar-refractivity contribution in [1.29, 1.82) is 0 Å². The number of hydrogen-bond acceptors (Lipinski definition) is 5. The van der Waals surface area contributed by atoms with Gasteiger partial charge in [-0.2, -0.15) is 0 Å². The Labute approximate surface area is 157 Å². The third-order valence-corrected chi connectivity index (χ3v) is 5.75. The highest BCUT2D eigenvalue weighted by atomic mass is 32.2. The first-order chi connectivity index (χ1) is 11.2. The molecule has 1 N–H and O–H groups in total. The predicted octanol–water partition coefficient (Wildman–Crippen LogP) is 4.22. The van der Waals surface area contributed by atoms with E-state index in [1.165, 1.54) is 0 Å². The summed E-state index contributed by atoms with van der Waals surface area (Å²) in [5.41, 5.74) is -0.571. The van der Waals surface area contributed by atoms with Crippen LogP contribution in [0.25, 0.3) is 0 Å². The Bertz CT molecular complexity index is 486. The molecular formula is C19H36N2O3S. The van der Waals surface area contributed by atoms with Gasteiger partial charge in [-0.15, -0.1) is 0 Å². The molecule has 1 spiro atoms. The van der Waals surface area contributed by atoms with Crippen molar-refractivity contribution in [2.75, 3.05) is 19.7 Å². The zero-order chi connectivity index (χ0) is 19.1. The Morgan fingerprint density at radius 1 is 1.16 bits per heavy atom. The second-order valence-electron chi connectivity index (χ2n) is 10.1. The molecule has 1 amide bonds. The topological polar surface area (TPSA) is 50.8 Å². The van der Waals surface area contributed by atoms with Crippen LogP contribution in [0.5, 0.6) is 0 Å². The minimum absolute atomic E-state index is 0.0757. The van der Waals surface area contributed by atoms with E-state index in [2.05, 4.69) is 39.3 Å². The minimum atomic E-state index is -0.453. The molecule has 6 heteroatoms. The molecule has 146 valence electrons. The lowest BCUT2D eigenvalue weighted by Crippen LogP contribution is -2.57. The summed E-state index contributed by atoms with van der Waals surface area (Å²) in [7, 11) is 0. The molecule has 5 nitrogen and oxygen atoms in total. The first kappa shape index (κ1) is 20.8. The summed E-state index contributed by atoms with van der Waals surface area (Å²) in [6.07, 6.45) is 1.48. The van der Waals surface area contributed by atoms with E-state index in [0.717, 1.165) is 19.4 Å². The molecule has 2 saturated heterocycles. The van der Waals surface area contributed by atoms with Crippen LogP contribution in [0.3, 0.4) is 0 Å². The van der Waals surface area contributed by atoms with E-state index in [1.807, 2.05) is 25.7 Å². The second kappa shape index (κ2) is 6.93. The van der Waals surface area contributed by atoms with Crippen LogP contribution in [0.4, 0.5) is 4.79 Å². The van der Waals surface area contributed by atoms with Gasteiger partial charge in [-0.3, -0.25) is 4.72 Å². The Balaban J connectivity index is 2.03. The molecule has 0 aliphatic carbocycles. The molecular weight excluding hydrogens is 336 g/mol. The summed E-state index contributed by atoms with van der Waals surface area (Å²) >= 11 is 1.78. The van der Waals surface area contributed by atoms with E-state index in [1.54, 1.807) is 11.9 Å². The molecule has 1 atom stereocenters. The van der Waals surface area contributed by atoms with Gasteiger partial charge >= 0.3 is 6.09 Å². The lowest BCUT2D eigenvalue weighted by molar-refractivity contribution is -0.0566. The van der Waals surface area contributed by atoms with Gasteiger partial charge in [-0.1, -0.05) is 25.8 Å². The van der Waals surface area contributed by atoms with Crippen molar-refractivity contribution in [3.63, 3.8) is 0 Å². The lowest BCUT2D eigenvalue weighted by atomic mass is 9.75. The number of hydrogen-bond donors (Lipinski definition) is 1. The van der Waals surface area contributed by atoms with Crippen LogP contribution in [0.1, 0.15) is 68.2 Å². The van der Waals surface area contributed by atoms with Gasteiger partial charge < -0.3 is 14.4 Å². The number of nitrogens with one attached hydrogen (secondary N) is 1. The normalized spacial score (nSPS) is 26.1. The van der Waals surface area contributed by atoms with Crippen molar-refractivity contribution in [1.82, 2.24) is 9.62 Å². The first-order valence-electron chi connectivity index (χ1n) is 9.30. The van der Waals surface area contributed by atoms with Gasteiger partial charge in [0.15, 0.2) is 0 Å². The Kier molecular flexibility index (Phi) is 5.78.